The zero-order chi connectivity index (χ0) is 29.2. The first-order chi connectivity index (χ1) is 20.4. The van der Waals surface area contributed by atoms with Crippen LogP contribution in [0.2, 0.25) is 0 Å². The molecule has 0 aliphatic carbocycles. The molecule has 2 aliphatic rings. The molecule has 6 atom stereocenters. The Balaban J connectivity index is 1.34. The lowest BCUT2D eigenvalue weighted by Gasteiger charge is -2.48. The molecule has 0 bridgehead atoms. The summed E-state index contributed by atoms with van der Waals surface area (Å²) in [6, 6.07) is 23.4. The number of amides is 1. The summed E-state index contributed by atoms with van der Waals surface area (Å²) in [7, 11) is 0. The minimum Gasteiger partial charge on any atom is -0.462 e. The van der Waals surface area contributed by atoms with Crippen LogP contribution in [0.25, 0.3) is 11.0 Å². The van der Waals surface area contributed by atoms with Gasteiger partial charge in [-0.1, -0.05) is 48.5 Å². The molecule has 0 spiro atoms. The number of nitrogens with one attached hydrogen (secondary N) is 1. The molecule has 2 aliphatic heterocycles. The molecule has 2 fully saturated rings. The number of hydrogen-bond donors (Lipinski definition) is 1. The SMILES string of the molecule is CC(=O)N[C@H]1[C@@H](Oc2ccc3c(C)cc(=O)oc3c2)O[C@@H]2CO[C@@H](c3ccccc3)O[C@@H]2[C@@H]1OC(=O)c1ccccc1. The number of esters is 1. The molecule has 10 heteroatoms. The molecular weight excluding hydrogens is 542 g/mol. The number of ether oxygens (including phenoxy) is 5. The first-order valence-corrected chi connectivity index (χ1v) is 13.6. The quantitative estimate of drug-likeness (QED) is 0.270. The van der Waals surface area contributed by atoms with Crippen LogP contribution < -0.4 is 15.7 Å². The third-order valence-corrected chi connectivity index (χ3v) is 7.21. The fraction of sp³-hybridized carbons (Fsp3) is 0.281. The number of fused-ring (bicyclic) bond motifs is 2. The maximum Gasteiger partial charge on any atom is 0.338 e. The van der Waals surface area contributed by atoms with Gasteiger partial charge in [-0.15, -0.1) is 0 Å². The predicted octanol–water partition coefficient (Wildman–Crippen LogP) is 4.05. The van der Waals surface area contributed by atoms with E-state index in [4.69, 9.17) is 28.1 Å². The van der Waals surface area contributed by atoms with Gasteiger partial charge in [0.15, 0.2) is 12.4 Å². The van der Waals surface area contributed by atoms with Gasteiger partial charge < -0.3 is 33.4 Å². The van der Waals surface area contributed by atoms with Gasteiger partial charge in [0, 0.05) is 30.0 Å². The van der Waals surface area contributed by atoms with Gasteiger partial charge in [-0.05, 0) is 36.8 Å². The van der Waals surface area contributed by atoms with Crippen LogP contribution in [-0.4, -0.2) is 49.1 Å². The van der Waals surface area contributed by atoms with E-state index in [0.717, 1.165) is 16.5 Å². The maximum absolute atomic E-state index is 13.3. The summed E-state index contributed by atoms with van der Waals surface area (Å²) in [5, 5.41) is 3.59. The van der Waals surface area contributed by atoms with Gasteiger partial charge in [-0.2, -0.15) is 0 Å². The molecule has 4 aromatic rings. The van der Waals surface area contributed by atoms with Crippen molar-refractivity contribution in [2.75, 3.05) is 6.61 Å². The topological polar surface area (TPSA) is 123 Å². The summed E-state index contributed by atoms with van der Waals surface area (Å²) >= 11 is 0. The summed E-state index contributed by atoms with van der Waals surface area (Å²) in [6.07, 6.45) is -4.37. The fourth-order valence-electron chi connectivity index (χ4n) is 5.26. The highest BCUT2D eigenvalue weighted by molar-refractivity contribution is 5.89. The Bertz CT molecular complexity index is 1640. The average molecular weight is 572 g/mol. The smallest absolute Gasteiger partial charge is 0.338 e. The third kappa shape index (κ3) is 5.78. The lowest BCUT2D eigenvalue weighted by Crippen LogP contribution is -2.68. The maximum atomic E-state index is 13.3. The second-order valence-electron chi connectivity index (χ2n) is 10.2. The Morgan fingerprint density at radius 2 is 1.67 bits per heavy atom. The van der Waals surface area contributed by atoms with Crippen LogP contribution in [0.4, 0.5) is 0 Å². The third-order valence-electron chi connectivity index (χ3n) is 7.21. The lowest BCUT2D eigenvalue weighted by atomic mass is 9.95. The number of benzene rings is 3. The van der Waals surface area contributed by atoms with E-state index in [2.05, 4.69) is 5.32 Å². The van der Waals surface area contributed by atoms with Crippen LogP contribution in [0.3, 0.4) is 0 Å². The first kappa shape index (κ1) is 27.6. The highest BCUT2D eigenvalue weighted by atomic mass is 16.8. The van der Waals surface area contributed by atoms with Crippen molar-refractivity contribution in [2.24, 2.45) is 0 Å². The van der Waals surface area contributed by atoms with E-state index in [1.807, 2.05) is 37.3 Å². The molecule has 10 nitrogen and oxygen atoms in total. The molecule has 1 N–H and O–H groups in total. The predicted molar refractivity (Wildman–Crippen MR) is 150 cm³/mol. The molecular formula is C32H29NO9. The summed E-state index contributed by atoms with van der Waals surface area (Å²) < 4.78 is 36.3. The van der Waals surface area contributed by atoms with Crippen LogP contribution in [0.5, 0.6) is 5.75 Å². The molecule has 1 aromatic heterocycles. The number of carbonyl (C=O) groups excluding carboxylic acids is 2. The van der Waals surface area contributed by atoms with Crippen LogP contribution in [-0.2, 0) is 23.7 Å². The minimum absolute atomic E-state index is 0.113. The van der Waals surface area contributed by atoms with Gasteiger partial charge in [-0.3, -0.25) is 4.79 Å². The molecule has 3 aromatic carbocycles. The summed E-state index contributed by atoms with van der Waals surface area (Å²) in [6.45, 7) is 3.28. The Morgan fingerprint density at radius 3 is 2.40 bits per heavy atom. The average Bonchev–Trinajstić information content (AvgIpc) is 2.99. The van der Waals surface area contributed by atoms with Crippen LogP contribution >= 0.6 is 0 Å². The largest absolute Gasteiger partial charge is 0.462 e. The van der Waals surface area contributed by atoms with E-state index >= 15 is 0 Å². The molecule has 0 radical (unpaired) electrons. The molecule has 42 heavy (non-hydrogen) atoms. The molecule has 6 rings (SSSR count). The number of carbonyl (C=O) groups is 2. The van der Waals surface area contributed by atoms with Crippen molar-refractivity contribution in [3.8, 4) is 5.75 Å². The van der Waals surface area contributed by atoms with Gasteiger partial charge >= 0.3 is 11.6 Å². The molecule has 216 valence electrons. The van der Waals surface area contributed by atoms with Gasteiger partial charge in [0.25, 0.3) is 0 Å². The molecule has 0 saturated carbocycles. The Kier molecular flexibility index (Phi) is 7.75. The Labute approximate surface area is 241 Å². The summed E-state index contributed by atoms with van der Waals surface area (Å²) in [5.74, 6) is -0.657. The fourth-order valence-corrected chi connectivity index (χ4v) is 5.26. The van der Waals surface area contributed by atoms with E-state index in [-0.39, 0.29) is 12.5 Å². The van der Waals surface area contributed by atoms with Crippen molar-refractivity contribution in [2.45, 2.75) is 50.8 Å². The van der Waals surface area contributed by atoms with Gasteiger partial charge in [0.2, 0.25) is 12.2 Å². The zero-order valence-corrected chi connectivity index (χ0v) is 22.9. The van der Waals surface area contributed by atoms with Crippen LogP contribution in [0.1, 0.15) is 34.7 Å². The van der Waals surface area contributed by atoms with E-state index in [9.17, 15) is 14.4 Å². The lowest BCUT2D eigenvalue weighted by molar-refractivity contribution is -0.333. The van der Waals surface area contributed by atoms with Gasteiger partial charge in [0.1, 0.15) is 29.6 Å². The van der Waals surface area contributed by atoms with Crippen molar-refractivity contribution in [1.29, 1.82) is 0 Å². The standard InChI is InChI=1S/C32H29NO9/c1-18-15-26(35)39-24-16-22(13-14-23(18)24)38-32-27(33-19(2)34)29(41-30(36)20-9-5-3-6-10-20)28-25(40-32)17-37-31(42-28)21-11-7-4-8-12-21/h3-16,25,27-29,31-32H,17H2,1-2H3,(H,33,34)/t25-,27-,28+,29-,31-,32+/m1/s1. The van der Waals surface area contributed by atoms with Crippen molar-refractivity contribution in [3.05, 3.63) is 112 Å². The Morgan fingerprint density at radius 1 is 0.929 bits per heavy atom. The summed E-state index contributed by atoms with van der Waals surface area (Å²) in [5.41, 5.74) is 1.74. The van der Waals surface area contributed by atoms with Crippen molar-refractivity contribution in [3.63, 3.8) is 0 Å². The number of rotatable bonds is 6. The van der Waals surface area contributed by atoms with Crippen molar-refractivity contribution >= 4 is 22.8 Å². The Hall–Kier alpha value is -4.51. The van der Waals surface area contributed by atoms with Crippen LogP contribution in [0, 0.1) is 6.92 Å². The zero-order valence-electron chi connectivity index (χ0n) is 22.9. The van der Waals surface area contributed by atoms with Gasteiger partial charge in [-0.25, -0.2) is 9.59 Å². The number of aryl methyl sites for hydroxylation is 1. The second-order valence-corrected chi connectivity index (χ2v) is 10.2. The van der Waals surface area contributed by atoms with Gasteiger partial charge in [0.05, 0.1) is 12.2 Å². The van der Waals surface area contributed by atoms with E-state index in [1.165, 1.54) is 13.0 Å². The molecule has 3 heterocycles. The van der Waals surface area contributed by atoms with Crippen molar-refractivity contribution < 1.29 is 37.7 Å². The monoisotopic (exact) mass is 571 g/mol. The molecule has 0 unspecified atom stereocenters. The normalized spacial score (nSPS) is 25.3. The molecule has 1 amide bonds. The first-order valence-electron chi connectivity index (χ1n) is 13.6. The highest BCUT2D eigenvalue weighted by Crippen LogP contribution is 2.37. The van der Waals surface area contributed by atoms with E-state index in [1.54, 1.807) is 48.5 Å². The second kappa shape index (κ2) is 11.8. The summed E-state index contributed by atoms with van der Waals surface area (Å²) in [4.78, 5) is 37.7. The van der Waals surface area contributed by atoms with E-state index in [0.29, 0.717) is 16.9 Å². The highest BCUT2D eigenvalue weighted by Gasteiger charge is 2.53. The van der Waals surface area contributed by atoms with Crippen molar-refractivity contribution in [1.82, 2.24) is 5.32 Å². The molecule has 2 saturated heterocycles. The minimum atomic E-state index is -1.11. The van der Waals surface area contributed by atoms with E-state index < -0.39 is 48.5 Å². The number of hydrogen-bond acceptors (Lipinski definition) is 9. The van der Waals surface area contributed by atoms with Crippen LogP contribution in [0.15, 0.2) is 94.1 Å².